The van der Waals surface area contributed by atoms with E-state index in [0.29, 0.717) is 0 Å². The lowest BCUT2D eigenvalue weighted by atomic mass is 9.89. The topological polar surface area (TPSA) is 43.6 Å². The molecule has 5 heteroatoms. The maximum Gasteiger partial charge on any atom is 0.165 e. The van der Waals surface area contributed by atoms with Crippen molar-refractivity contribution in [2.75, 3.05) is 0 Å². The molecule has 1 aliphatic carbocycles. The van der Waals surface area contributed by atoms with Crippen LogP contribution in [0, 0.1) is 19.8 Å². The Kier molecular flexibility index (Phi) is 2.85. The van der Waals surface area contributed by atoms with Crippen molar-refractivity contribution in [2.45, 2.75) is 40.0 Å². The monoisotopic (exact) mass is 298 g/mol. The molecule has 1 atom stereocenters. The lowest BCUT2D eigenvalue weighted by molar-refractivity contribution is 0.509. The first kappa shape index (κ1) is 13.0. The lowest BCUT2D eigenvalue weighted by Crippen LogP contribution is -2.10. The van der Waals surface area contributed by atoms with Gasteiger partial charge in [0.1, 0.15) is 11.2 Å². The fourth-order valence-corrected chi connectivity index (χ4v) is 4.61. The molecule has 4 rings (SSSR count). The number of fused-ring (bicyclic) bond motifs is 3. The van der Waals surface area contributed by atoms with Crippen molar-refractivity contribution >= 4 is 21.6 Å². The van der Waals surface area contributed by atoms with E-state index in [1.165, 1.54) is 28.7 Å². The molecule has 3 heterocycles. The Morgan fingerprint density at radius 2 is 2.14 bits per heavy atom. The van der Waals surface area contributed by atoms with Gasteiger partial charge in [0.15, 0.2) is 5.82 Å². The fourth-order valence-electron chi connectivity index (χ4n) is 3.26. The average Bonchev–Trinajstić information content (AvgIpc) is 2.97. The number of rotatable bonds is 1. The summed E-state index contributed by atoms with van der Waals surface area (Å²) in [5.74, 6) is 1.72. The largest absolute Gasteiger partial charge is 0.225 e. The molecule has 0 aromatic carbocycles. The van der Waals surface area contributed by atoms with Crippen LogP contribution in [0.2, 0.25) is 0 Å². The SMILES string of the molecule is Cc1cc(C)n(-c2ncnc3sc4c(c23)CC[C@H](C)C4)n1. The maximum atomic E-state index is 4.61. The molecule has 0 spiro atoms. The molecule has 0 radical (unpaired) electrons. The number of aromatic nitrogens is 4. The van der Waals surface area contributed by atoms with Crippen LogP contribution >= 0.6 is 11.3 Å². The number of hydrogen-bond donors (Lipinski definition) is 0. The van der Waals surface area contributed by atoms with Gasteiger partial charge < -0.3 is 0 Å². The van der Waals surface area contributed by atoms with Gasteiger partial charge >= 0.3 is 0 Å². The molecular formula is C16H18N4S. The minimum atomic E-state index is 0.774. The van der Waals surface area contributed by atoms with Crippen molar-refractivity contribution in [1.82, 2.24) is 19.7 Å². The van der Waals surface area contributed by atoms with Gasteiger partial charge in [0, 0.05) is 10.6 Å². The lowest BCUT2D eigenvalue weighted by Gasteiger charge is -2.18. The van der Waals surface area contributed by atoms with Crippen molar-refractivity contribution in [3.63, 3.8) is 0 Å². The van der Waals surface area contributed by atoms with Crippen molar-refractivity contribution in [2.24, 2.45) is 5.92 Å². The Morgan fingerprint density at radius 3 is 2.90 bits per heavy atom. The minimum absolute atomic E-state index is 0.774. The Balaban J connectivity index is 2.00. The summed E-state index contributed by atoms with van der Waals surface area (Å²) in [6, 6.07) is 2.09. The molecule has 0 amide bonds. The van der Waals surface area contributed by atoms with E-state index in [0.717, 1.165) is 34.4 Å². The summed E-state index contributed by atoms with van der Waals surface area (Å²) in [4.78, 5) is 11.6. The van der Waals surface area contributed by atoms with Gasteiger partial charge in [-0.25, -0.2) is 14.6 Å². The molecule has 0 saturated carbocycles. The number of nitrogens with zero attached hydrogens (tertiary/aromatic N) is 4. The molecular weight excluding hydrogens is 280 g/mol. The Morgan fingerprint density at radius 1 is 1.29 bits per heavy atom. The smallest absolute Gasteiger partial charge is 0.165 e. The summed E-state index contributed by atoms with van der Waals surface area (Å²) in [6.45, 7) is 6.43. The van der Waals surface area contributed by atoms with Crippen LogP contribution < -0.4 is 0 Å². The predicted octanol–water partition coefficient (Wildman–Crippen LogP) is 3.62. The van der Waals surface area contributed by atoms with Crippen molar-refractivity contribution in [3.05, 3.63) is 34.2 Å². The highest BCUT2D eigenvalue weighted by Crippen LogP contribution is 2.39. The molecule has 3 aromatic rings. The zero-order valence-corrected chi connectivity index (χ0v) is 13.4. The molecule has 0 fully saturated rings. The molecule has 0 N–H and O–H groups in total. The van der Waals surface area contributed by atoms with Crippen LogP contribution in [-0.2, 0) is 12.8 Å². The van der Waals surface area contributed by atoms with Crippen molar-refractivity contribution in [1.29, 1.82) is 0 Å². The molecule has 4 nitrogen and oxygen atoms in total. The quantitative estimate of drug-likeness (QED) is 0.689. The summed E-state index contributed by atoms with van der Waals surface area (Å²) < 4.78 is 1.96. The van der Waals surface area contributed by atoms with E-state index in [2.05, 4.69) is 35.0 Å². The van der Waals surface area contributed by atoms with E-state index >= 15 is 0 Å². The van der Waals surface area contributed by atoms with Crippen LogP contribution in [0.25, 0.3) is 16.0 Å². The molecule has 0 aliphatic heterocycles. The first-order chi connectivity index (χ1) is 10.1. The van der Waals surface area contributed by atoms with Crippen LogP contribution in [0.1, 0.15) is 35.2 Å². The van der Waals surface area contributed by atoms with Crippen molar-refractivity contribution < 1.29 is 0 Å². The maximum absolute atomic E-state index is 4.61. The van der Waals surface area contributed by atoms with Crippen LogP contribution in [0.3, 0.4) is 0 Å². The van der Waals surface area contributed by atoms with Gasteiger partial charge in [-0.1, -0.05) is 6.92 Å². The first-order valence-corrected chi connectivity index (χ1v) is 8.24. The second-order valence-corrected chi connectivity index (χ2v) is 7.15. The highest BCUT2D eigenvalue weighted by atomic mass is 32.1. The number of hydrogen-bond acceptors (Lipinski definition) is 4. The van der Waals surface area contributed by atoms with Gasteiger partial charge in [0.05, 0.1) is 11.1 Å². The summed E-state index contributed by atoms with van der Waals surface area (Å²) in [5.41, 5.74) is 3.60. The highest BCUT2D eigenvalue weighted by molar-refractivity contribution is 7.18. The van der Waals surface area contributed by atoms with Gasteiger partial charge in [-0.15, -0.1) is 11.3 Å². The van der Waals surface area contributed by atoms with Gasteiger partial charge in [0.2, 0.25) is 0 Å². The van der Waals surface area contributed by atoms with Gasteiger partial charge in [0.25, 0.3) is 0 Å². The predicted molar refractivity (Wildman–Crippen MR) is 85.2 cm³/mol. The van der Waals surface area contributed by atoms with Gasteiger partial charge in [-0.3, -0.25) is 0 Å². The summed E-state index contributed by atoms with van der Waals surface area (Å²) >= 11 is 1.83. The van der Waals surface area contributed by atoms with Gasteiger partial charge in [-0.05, 0) is 50.7 Å². The molecule has 108 valence electrons. The average molecular weight is 298 g/mol. The third-order valence-corrected chi connectivity index (χ3v) is 5.44. The first-order valence-electron chi connectivity index (χ1n) is 7.42. The van der Waals surface area contributed by atoms with Crippen LogP contribution in [0.15, 0.2) is 12.4 Å². The fraction of sp³-hybridized carbons (Fsp3) is 0.438. The zero-order chi connectivity index (χ0) is 14.6. The number of thiophene rings is 1. The summed E-state index contributed by atoms with van der Waals surface area (Å²) in [7, 11) is 0. The molecule has 0 unspecified atom stereocenters. The zero-order valence-electron chi connectivity index (χ0n) is 12.6. The van der Waals surface area contributed by atoms with Crippen LogP contribution in [0.5, 0.6) is 0 Å². The highest BCUT2D eigenvalue weighted by Gasteiger charge is 2.24. The van der Waals surface area contributed by atoms with Gasteiger partial charge in [-0.2, -0.15) is 5.10 Å². The third-order valence-electron chi connectivity index (χ3n) is 4.28. The normalized spacial score (nSPS) is 18.1. The van der Waals surface area contributed by atoms with Crippen LogP contribution in [0.4, 0.5) is 0 Å². The molecule has 1 aliphatic rings. The van der Waals surface area contributed by atoms with E-state index in [-0.39, 0.29) is 0 Å². The summed E-state index contributed by atoms with van der Waals surface area (Å²) in [6.07, 6.45) is 5.23. The Labute approximate surface area is 127 Å². The van der Waals surface area contributed by atoms with E-state index in [4.69, 9.17) is 0 Å². The van der Waals surface area contributed by atoms with E-state index in [1.807, 2.05) is 22.9 Å². The second-order valence-electron chi connectivity index (χ2n) is 6.07. The van der Waals surface area contributed by atoms with Crippen molar-refractivity contribution in [3.8, 4) is 5.82 Å². The third kappa shape index (κ3) is 1.99. The standard InChI is InChI=1S/C16H18N4S/c1-9-4-5-12-13(6-9)21-16-14(12)15(17-8-18-16)20-11(3)7-10(2)19-20/h7-9H,4-6H2,1-3H3/t9-/m0/s1. The number of aryl methyl sites for hydroxylation is 3. The molecule has 0 bridgehead atoms. The molecule has 3 aromatic heterocycles. The minimum Gasteiger partial charge on any atom is -0.225 e. The van der Waals surface area contributed by atoms with Crippen LogP contribution in [-0.4, -0.2) is 19.7 Å². The molecule has 0 saturated heterocycles. The summed E-state index contributed by atoms with van der Waals surface area (Å²) in [5, 5.41) is 5.82. The van der Waals surface area contributed by atoms with E-state index < -0.39 is 0 Å². The Bertz CT molecular complexity index is 830. The molecule has 21 heavy (non-hydrogen) atoms. The van der Waals surface area contributed by atoms with E-state index in [1.54, 1.807) is 6.33 Å². The Hall–Kier alpha value is -1.75. The van der Waals surface area contributed by atoms with E-state index in [9.17, 15) is 0 Å². The second kappa shape index (κ2) is 4.63.